The number of aryl methyl sites for hydroxylation is 2. The highest BCUT2D eigenvalue weighted by Gasteiger charge is 2.13. The summed E-state index contributed by atoms with van der Waals surface area (Å²) in [4.78, 5) is 0. The third-order valence-electron chi connectivity index (χ3n) is 2.15. The van der Waals surface area contributed by atoms with Crippen LogP contribution in [0.1, 0.15) is 23.0 Å². The van der Waals surface area contributed by atoms with Crippen molar-refractivity contribution < 1.29 is 0 Å². The van der Waals surface area contributed by atoms with Gasteiger partial charge in [-0.1, -0.05) is 6.08 Å². The number of nitrogens with zero attached hydrogens (tertiary/aromatic N) is 2. The van der Waals surface area contributed by atoms with Crippen LogP contribution in [-0.4, -0.2) is 9.78 Å². The fourth-order valence-corrected chi connectivity index (χ4v) is 1.39. The number of rotatable bonds is 2. The second kappa shape index (κ2) is 3.11. The lowest BCUT2D eigenvalue weighted by molar-refractivity contribution is 0.729. The topological polar surface area (TPSA) is 43.8 Å². The van der Waals surface area contributed by atoms with Crippen molar-refractivity contribution in [1.29, 1.82) is 0 Å². The van der Waals surface area contributed by atoms with Gasteiger partial charge in [-0.2, -0.15) is 5.10 Å². The number of nitrogens with two attached hydrogens (primary N) is 1. The monoisotopic (exact) mass is 165 g/mol. The molecule has 1 aromatic rings. The second-order valence-corrected chi connectivity index (χ2v) is 2.97. The van der Waals surface area contributed by atoms with Gasteiger partial charge < -0.3 is 5.73 Å². The van der Waals surface area contributed by atoms with Crippen LogP contribution < -0.4 is 5.73 Å². The van der Waals surface area contributed by atoms with Crippen molar-refractivity contribution in [3.8, 4) is 0 Å². The van der Waals surface area contributed by atoms with Gasteiger partial charge in [-0.15, -0.1) is 6.58 Å². The van der Waals surface area contributed by atoms with Crippen molar-refractivity contribution in [2.24, 2.45) is 12.8 Å². The number of aromatic nitrogens is 2. The van der Waals surface area contributed by atoms with Crippen LogP contribution in [0.15, 0.2) is 12.7 Å². The van der Waals surface area contributed by atoms with Gasteiger partial charge in [0.15, 0.2) is 0 Å². The van der Waals surface area contributed by atoms with Gasteiger partial charge in [-0.05, 0) is 13.8 Å². The van der Waals surface area contributed by atoms with Gasteiger partial charge >= 0.3 is 0 Å². The van der Waals surface area contributed by atoms with Crippen LogP contribution in [0, 0.1) is 13.8 Å². The van der Waals surface area contributed by atoms with Crippen molar-refractivity contribution in [2.45, 2.75) is 19.9 Å². The van der Waals surface area contributed by atoms with Gasteiger partial charge in [0, 0.05) is 18.3 Å². The second-order valence-electron chi connectivity index (χ2n) is 2.97. The van der Waals surface area contributed by atoms with E-state index in [4.69, 9.17) is 5.73 Å². The van der Waals surface area contributed by atoms with Gasteiger partial charge in [-0.25, -0.2) is 0 Å². The van der Waals surface area contributed by atoms with Crippen LogP contribution in [0.5, 0.6) is 0 Å². The summed E-state index contributed by atoms with van der Waals surface area (Å²) in [6.07, 6.45) is 1.73. The Kier molecular flexibility index (Phi) is 2.33. The van der Waals surface area contributed by atoms with Crippen LogP contribution in [-0.2, 0) is 7.05 Å². The van der Waals surface area contributed by atoms with Crippen molar-refractivity contribution in [3.05, 3.63) is 29.6 Å². The van der Waals surface area contributed by atoms with E-state index in [1.54, 1.807) is 6.08 Å². The molecule has 0 aliphatic heterocycles. The summed E-state index contributed by atoms with van der Waals surface area (Å²) in [5.41, 5.74) is 9.03. The van der Waals surface area contributed by atoms with Crippen molar-refractivity contribution >= 4 is 0 Å². The largest absolute Gasteiger partial charge is 0.321 e. The van der Waals surface area contributed by atoms with Crippen LogP contribution >= 0.6 is 0 Å². The third-order valence-corrected chi connectivity index (χ3v) is 2.15. The molecule has 0 saturated heterocycles. The molecule has 66 valence electrons. The highest BCUT2D eigenvalue weighted by Crippen LogP contribution is 2.19. The van der Waals surface area contributed by atoms with E-state index < -0.39 is 0 Å². The molecule has 3 heteroatoms. The lowest BCUT2D eigenvalue weighted by Crippen LogP contribution is -2.08. The molecule has 2 N–H and O–H groups in total. The normalized spacial score (nSPS) is 13.0. The first-order valence-electron chi connectivity index (χ1n) is 3.96. The fraction of sp³-hybridized carbons (Fsp3) is 0.444. The Balaban J connectivity index is 3.21. The summed E-state index contributed by atoms with van der Waals surface area (Å²) < 4.78 is 1.84. The van der Waals surface area contributed by atoms with Crippen molar-refractivity contribution in [2.75, 3.05) is 0 Å². The van der Waals surface area contributed by atoms with Crippen LogP contribution in [0.2, 0.25) is 0 Å². The van der Waals surface area contributed by atoms with E-state index in [1.165, 1.54) is 0 Å². The van der Waals surface area contributed by atoms with E-state index in [0.29, 0.717) is 0 Å². The first kappa shape index (κ1) is 9.00. The van der Waals surface area contributed by atoms with E-state index in [0.717, 1.165) is 17.0 Å². The maximum absolute atomic E-state index is 5.84. The molecule has 1 aromatic heterocycles. The number of hydrogen-bond donors (Lipinski definition) is 1. The zero-order chi connectivity index (χ0) is 9.30. The Morgan fingerprint density at radius 1 is 1.58 bits per heavy atom. The highest BCUT2D eigenvalue weighted by atomic mass is 15.3. The molecule has 0 aliphatic rings. The van der Waals surface area contributed by atoms with Gasteiger partial charge in [0.1, 0.15) is 0 Å². The third kappa shape index (κ3) is 1.28. The van der Waals surface area contributed by atoms with Crippen LogP contribution in [0.3, 0.4) is 0 Å². The van der Waals surface area contributed by atoms with E-state index >= 15 is 0 Å². The minimum Gasteiger partial charge on any atom is -0.321 e. The lowest BCUT2D eigenvalue weighted by atomic mass is 10.1. The standard InChI is InChI=1S/C9H15N3/c1-5-8(10)9-6(2)11-12(4)7(9)3/h5,8H,1,10H2,2-4H3. The van der Waals surface area contributed by atoms with Crippen molar-refractivity contribution in [3.63, 3.8) is 0 Å². The smallest absolute Gasteiger partial charge is 0.0647 e. The van der Waals surface area contributed by atoms with Gasteiger partial charge in [0.25, 0.3) is 0 Å². The molecular weight excluding hydrogens is 150 g/mol. The molecule has 0 amide bonds. The maximum atomic E-state index is 5.84. The van der Waals surface area contributed by atoms with Crippen LogP contribution in [0.4, 0.5) is 0 Å². The molecule has 0 aliphatic carbocycles. The Morgan fingerprint density at radius 3 is 2.50 bits per heavy atom. The molecule has 12 heavy (non-hydrogen) atoms. The summed E-state index contributed by atoms with van der Waals surface area (Å²) in [5, 5.41) is 4.27. The lowest BCUT2D eigenvalue weighted by Gasteiger charge is -2.05. The van der Waals surface area contributed by atoms with Crippen LogP contribution in [0.25, 0.3) is 0 Å². The minimum atomic E-state index is -0.0984. The summed E-state index contributed by atoms with van der Waals surface area (Å²) in [5.74, 6) is 0. The quantitative estimate of drug-likeness (QED) is 0.670. The van der Waals surface area contributed by atoms with E-state index in [2.05, 4.69) is 11.7 Å². The zero-order valence-electron chi connectivity index (χ0n) is 7.83. The molecule has 1 atom stereocenters. The molecule has 1 rings (SSSR count). The molecular formula is C9H15N3. The summed E-state index contributed by atoms with van der Waals surface area (Å²) in [6.45, 7) is 7.64. The van der Waals surface area contributed by atoms with Gasteiger partial charge in [-0.3, -0.25) is 4.68 Å². The molecule has 1 heterocycles. The molecule has 0 bridgehead atoms. The first-order valence-corrected chi connectivity index (χ1v) is 3.96. The van der Waals surface area contributed by atoms with Gasteiger partial charge in [0.05, 0.1) is 11.7 Å². The maximum Gasteiger partial charge on any atom is 0.0647 e. The highest BCUT2D eigenvalue weighted by molar-refractivity contribution is 5.30. The Bertz CT molecular complexity index is 299. The fourth-order valence-electron chi connectivity index (χ4n) is 1.39. The molecule has 0 radical (unpaired) electrons. The SMILES string of the molecule is C=CC(N)c1c(C)nn(C)c1C. The molecule has 0 saturated carbocycles. The molecule has 0 aromatic carbocycles. The molecule has 0 spiro atoms. The predicted molar refractivity (Wildman–Crippen MR) is 49.8 cm³/mol. The summed E-state index contributed by atoms with van der Waals surface area (Å²) >= 11 is 0. The predicted octanol–water partition coefficient (Wildman–Crippen LogP) is 1.22. The van der Waals surface area contributed by atoms with Gasteiger partial charge in [0.2, 0.25) is 0 Å². The zero-order valence-corrected chi connectivity index (χ0v) is 7.83. The average molecular weight is 165 g/mol. The first-order chi connectivity index (χ1) is 5.57. The minimum absolute atomic E-state index is 0.0984. The molecule has 1 unspecified atom stereocenters. The van der Waals surface area contributed by atoms with Crippen molar-refractivity contribution in [1.82, 2.24) is 9.78 Å². The Labute approximate surface area is 72.9 Å². The summed E-state index contributed by atoms with van der Waals surface area (Å²) in [7, 11) is 1.92. The average Bonchev–Trinajstić information content (AvgIpc) is 2.26. The Hall–Kier alpha value is -1.09. The Morgan fingerprint density at radius 2 is 2.17 bits per heavy atom. The molecule has 3 nitrogen and oxygen atoms in total. The number of hydrogen-bond acceptors (Lipinski definition) is 2. The van der Waals surface area contributed by atoms with E-state index in [1.807, 2.05) is 25.6 Å². The molecule has 0 fully saturated rings. The summed E-state index contributed by atoms with van der Waals surface area (Å²) in [6, 6.07) is -0.0984. The van der Waals surface area contributed by atoms with E-state index in [9.17, 15) is 0 Å². The van der Waals surface area contributed by atoms with E-state index in [-0.39, 0.29) is 6.04 Å².